The second kappa shape index (κ2) is 11.2. The first-order valence-corrected chi connectivity index (χ1v) is 17.4. The molecule has 2 N–H and O–H groups in total. The monoisotopic (exact) mass is 570 g/mol. The molecule has 42 heavy (non-hydrogen) atoms. The molecule has 0 radical (unpaired) electrons. The predicted octanol–water partition coefficient (Wildman–Crippen LogP) is 5.08. The molecular weight excluding hydrogens is 520 g/mol. The third-order valence-corrected chi connectivity index (χ3v) is 12.1. The number of rotatable bonds is 1. The first-order chi connectivity index (χ1) is 20.7. The Hall–Kier alpha value is -1.99. The van der Waals surface area contributed by atoms with Crippen molar-refractivity contribution in [1.29, 1.82) is 0 Å². The van der Waals surface area contributed by atoms with Gasteiger partial charge in [-0.2, -0.15) is 0 Å². The zero-order valence-electron chi connectivity index (χ0n) is 25.4. The Balaban J connectivity index is 1.30. The van der Waals surface area contributed by atoms with E-state index in [9.17, 15) is 5.21 Å². The molecule has 2 spiro atoms. The number of piperidine rings is 1. The van der Waals surface area contributed by atoms with Crippen LogP contribution in [0.15, 0.2) is 52.8 Å². The van der Waals surface area contributed by atoms with Crippen molar-refractivity contribution in [2.45, 2.75) is 108 Å². The van der Waals surface area contributed by atoms with Crippen molar-refractivity contribution in [3.8, 4) is 0 Å². The number of nitrogens with zero attached hydrogens (tertiary/aromatic N) is 3. The van der Waals surface area contributed by atoms with Gasteiger partial charge < -0.3 is 15.0 Å². The summed E-state index contributed by atoms with van der Waals surface area (Å²) in [6.45, 7) is 5.27. The molecule has 1 aliphatic carbocycles. The van der Waals surface area contributed by atoms with Crippen molar-refractivity contribution in [2.75, 3.05) is 32.7 Å². The molecule has 6 nitrogen and oxygen atoms in total. The largest absolute Gasteiger partial charge is 0.364 e. The SMILES string of the molecule is ON1CCC2=c3ccccc3=NC2=C1[C@H]1[C@@H]2CCN3CCCC/C=C\CC[C@@]4(O[C@@H]14)[C@@H]1NCCCCCCCC[C@@]12C3. The Labute approximate surface area is 251 Å². The van der Waals surface area contributed by atoms with Crippen LogP contribution in [0.1, 0.15) is 89.9 Å². The Morgan fingerprint density at radius 1 is 0.905 bits per heavy atom. The Bertz CT molecular complexity index is 1370. The second-order valence-electron chi connectivity index (χ2n) is 14.4. The van der Waals surface area contributed by atoms with Crippen molar-refractivity contribution in [3.05, 3.63) is 58.4 Å². The van der Waals surface area contributed by atoms with Gasteiger partial charge >= 0.3 is 0 Å². The summed E-state index contributed by atoms with van der Waals surface area (Å²) >= 11 is 0. The van der Waals surface area contributed by atoms with Crippen LogP contribution in [0.3, 0.4) is 0 Å². The highest BCUT2D eigenvalue weighted by molar-refractivity contribution is 5.69. The molecule has 3 bridgehead atoms. The van der Waals surface area contributed by atoms with Crippen molar-refractivity contribution in [2.24, 2.45) is 22.2 Å². The second-order valence-corrected chi connectivity index (χ2v) is 14.4. The summed E-state index contributed by atoms with van der Waals surface area (Å²) in [5.41, 5.74) is 3.42. The highest BCUT2D eigenvalue weighted by atomic mass is 16.6. The van der Waals surface area contributed by atoms with Gasteiger partial charge in [0.2, 0.25) is 0 Å². The van der Waals surface area contributed by atoms with Crippen LogP contribution in [0.25, 0.3) is 5.57 Å². The third kappa shape index (κ3) is 4.46. The van der Waals surface area contributed by atoms with Crippen LogP contribution in [-0.2, 0) is 4.74 Å². The maximum atomic E-state index is 11.7. The van der Waals surface area contributed by atoms with Crippen molar-refractivity contribution in [1.82, 2.24) is 15.3 Å². The van der Waals surface area contributed by atoms with Crippen LogP contribution in [0.2, 0.25) is 0 Å². The van der Waals surface area contributed by atoms with Gasteiger partial charge in [0.25, 0.3) is 0 Å². The molecule has 3 saturated heterocycles. The van der Waals surface area contributed by atoms with Crippen LogP contribution in [0, 0.1) is 17.3 Å². The number of epoxide rings is 1. The molecule has 0 amide bonds. The number of benzene rings is 1. The standard InChI is InChI=1S/C36H50N4O2/c41-40-24-17-27-26-15-9-10-16-29(26)38-31(27)32(40)30-28-18-23-39-22-14-8-4-2-6-12-20-36(33(30)42-36)34-35(28,25-39)19-11-5-1-3-7-13-21-37-34/h2,6,9-10,15-16,28,30,33-34,37,41H,1,3-5,7-8,11-14,17-25H2/b6-2-/t28-,30+,33-,34+,35-,36-/m0/s1. The number of hydrogen-bond acceptors (Lipinski definition) is 6. The minimum atomic E-state index is -0.173. The van der Waals surface area contributed by atoms with E-state index in [4.69, 9.17) is 9.73 Å². The molecule has 1 aromatic carbocycles. The summed E-state index contributed by atoms with van der Waals surface area (Å²) in [7, 11) is 0. The summed E-state index contributed by atoms with van der Waals surface area (Å²) < 4.78 is 7.19. The molecule has 1 aromatic rings. The van der Waals surface area contributed by atoms with Gasteiger partial charge in [0.05, 0.1) is 22.9 Å². The minimum Gasteiger partial charge on any atom is -0.364 e. The van der Waals surface area contributed by atoms with Crippen LogP contribution in [0.5, 0.6) is 0 Å². The molecule has 7 aliphatic rings. The van der Waals surface area contributed by atoms with Crippen LogP contribution >= 0.6 is 0 Å². The van der Waals surface area contributed by atoms with E-state index in [1.165, 1.54) is 94.5 Å². The van der Waals surface area contributed by atoms with E-state index in [1.807, 2.05) is 0 Å². The van der Waals surface area contributed by atoms with Gasteiger partial charge in [-0.15, -0.1) is 0 Å². The van der Waals surface area contributed by atoms with Crippen LogP contribution in [-0.4, -0.2) is 65.6 Å². The van der Waals surface area contributed by atoms with E-state index in [-0.39, 0.29) is 23.0 Å². The highest BCUT2D eigenvalue weighted by Gasteiger charge is 2.76. The number of hydroxylamine groups is 2. The minimum absolute atomic E-state index is 0.134. The lowest BCUT2D eigenvalue weighted by Crippen LogP contribution is -2.69. The van der Waals surface area contributed by atoms with Crippen molar-refractivity contribution < 1.29 is 9.94 Å². The Morgan fingerprint density at radius 3 is 2.71 bits per heavy atom. The lowest BCUT2D eigenvalue weighted by Gasteiger charge is -2.59. The summed E-state index contributed by atoms with van der Waals surface area (Å²) in [5, 5.41) is 19.9. The molecule has 6 heterocycles. The molecule has 7 atom stereocenters. The molecule has 0 aromatic heterocycles. The third-order valence-electron chi connectivity index (χ3n) is 12.1. The van der Waals surface area contributed by atoms with Gasteiger partial charge in [-0.05, 0) is 95.0 Å². The van der Waals surface area contributed by atoms with Gasteiger partial charge in [-0.25, -0.2) is 4.99 Å². The molecule has 226 valence electrons. The smallest absolute Gasteiger partial charge is 0.112 e. The van der Waals surface area contributed by atoms with E-state index in [0.29, 0.717) is 18.5 Å². The normalized spacial score (nSPS) is 41.0. The number of allylic oxidation sites excluding steroid dienone is 3. The van der Waals surface area contributed by atoms with Gasteiger partial charge in [0, 0.05) is 35.7 Å². The number of nitrogens with one attached hydrogen (secondary N) is 1. The summed E-state index contributed by atoms with van der Waals surface area (Å²) in [6.07, 6.45) is 22.2. The fraction of sp³-hybridized carbons (Fsp3) is 0.694. The number of hydrogen-bond donors (Lipinski definition) is 2. The molecule has 1 unspecified atom stereocenters. The van der Waals surface area contributed by atoms with E-state index >= 15 is 0 Å². The fourth-order valence-electron chi connectivity index (χ4n) is 10.3. The zero-order valence-corrected chi connectivity index (χ0v) is 25.4. The fourth-order valence-corrected chi connectivity index (χ4v) is 10.3. The number of fused-ring (bicyclic) bond motifs is 3. The van der Waals surface area contributed by atoms with Gasteiger partial charge in [-0.3, -0.25) is 10.3 Å². The topological polar surface area (TPSA) is 63.6 Å². The van der Waals surface area contributed by atoms with E-state index in [2.05, 4.69) is 46.6 Å². The lowest BCUT2D eigenvalue weighted by atomic mass is 9.50. The van der Waals surface area contributed by atoms with Crippen molar-refractivity contribution >= 4 is 5.57 Å². The maximum absolute atomic E-state index is 11.7. The first-order valence-electron chi connectivity index (χ1n) is 17.4. The molecular formula is C36H50N4O2. The zero-order chi connectivity index (χ0) is 28.1. The van der Waals surface area contributed by atoms with Gasteiger partial charge in [0.15, 0.2) is 0 Å². The molecule has 6 aliphatic heterocycles. The number of para-hydroxylation sites is 1. The van der Waals surface area contributed by atoms with Crippen LogP contribution in [0.4, 0.5) is 0 Å². The average molecular weight is 571 g/mol. The van der Waals surface area contributed by atoms with E-state index < -0.39 is 0 Å². The molecule has 1 saturated carbocycles. The predicted molar refractivity (Wildman–Crippen MR) is 165 cm³/mol. The van der Waals surface area contributed by atoms with Gasteiger partial charge in [-0.1, -0.05) is 62.5 Å². The summed E-state index contributed by atoms with van der Waals surface area (Å²) in [5.74, 6) is 0.654. The number of ether oxygens (including phenoxy) is 1. The summed E-state index contributed by atoms with van der Waals surface area (Å²) in [4.78, 5) is 8.07. The molecule has 8 rings (SSSR count). The molecule has 6 heteroatoms. The molecule has 4 fully saturated rings. The maximum Gasteiger partial charge on any atom is 0.112 e. The Morgan fingerprint density at radius 2 is 1.76 bits per heavy atom. The lowest BCUT2D eigenvalue weighted by molar-refractivity contribution is -0.106. The highest BCUT2D eigenvalue weighted by Crippen LogP contribution is 2.67. The van der Waals surface area contributed by atoms with E-state index in [0.717, 1.165) is 49.1 Å². The first kappa shape index (κ1) is 27.6. The average Bonchev–Trinajstić information content (AvgIpc) is 3.61. The van der Waals surface area contributed by atoms with Crippen LogP contribution < -0.4 is 15.9 Å². The van der Waals surface area contributed by atoms with E-state index in [1.54, 1.807) is 5.06 Å². The quantitative estimate of drug-likeness (QED) is 0.365. The van der Waals surface area contributed by atoms with Crippen molar-refractivity contribution in [3.63, 3.8) is 0 Å². The Kier molecular flexibility index (Phi) is 7.33. The van der Waals surface area contributed by atoms with Gasteiger partial charge in [0.1, 0.15) is 5.60 Å². The summed E-state index contributed by atoms with van der Waals surface area (Å²) in [6, 6.07) is 8.96.